The van der Waals surface area contributed by atoms with Gasteiger partial charge in [-0.25, -0.2) is 8.42 Å². The molecular weight excluding hydrogens is 558 g/mol. The molecule has 1 fully saturated rings. The smallest absolute Gasteiger partial charge is 0.261 e. The Morgan fingerprint density at radius 1 is 0.857 bits per heavy atom. The lowest BCUT2D eigenvalue weighted by atomic mass is 9.98. The molecule has 42 heavy (non-hydrogen) atoms. The molecule has 0 unspecified atom stereocenters. The van der Waals surface area contributed by atoms with Crippen LogP contribution in [0.5, 0.6) is 17.2 Å². The summed E-state index contributed by atoms with van der Waals surface area (Å²) in [4.78, 5) is 28.0. The first kappa shape index (κ1) is 30.7. The fraction of sp³-hybridized carbons (Fsp3) is 0.355. The van der Waals surface area contributed by atoms with Crippen LogP contribution < -0.4 is 24.2 Å². The Balaban J connectivity index is 1.48. The number of methoxy groups -OCH3 is 3. The Bertz CT molecular complexity index is 1530. The first-order valence-corrected chi connectivity index (χ1v) is 15.2. The van der Waals surface area contributed by atoms with Gasteiger partial charge in [-0.15, -0.1) is 0 Å². The molecule has 3 aromatic rings. The third kappa shape index (κ3) is 7.14. The van der Waals surface area contributed by atoms with Gasteiger partial charge in [0, 0.05) is 19.6 Å². The number of para-hydroxylation sites is 1. The molecule has 0 bridgehead atoms. The van der Waals surface area contributed by atoms with E-state index in [1.54, 1.807) is 43.4 Å². The van der Waals surface area contributed by atoms with Crippen molar-refractivity contribution in [2.45, 2.75) is 31.1 Å². The molecule has 1 heterocycles. The average Bonchev–Trinajstić information content (AvgIpc) is 3.00. The highest BCUT2D eigenvalue weighted by atomic mass is 32.2. The second kappa shape index (κ2) is 13.6. The van der Waals surface area contributed by atoms with E-state index in [0.29, 0.717) is 49.2 Å². The molecule has 10 nitrogen and oxygen atoms in total. The van der Waals surface area contributed by atoms with Crippen LogP contribution in [0.2, 0.25) is 0 Å². The molecule has 0 radical (unpaired) electrons. The van der Waals surface area contributed by atoms with E-state index in [0.717, 1.165) is 18.4 Å². The van der Waals surface area contributed by atoms with E-state index in [-0.39, 0.29) is 27.6 Å². The number of hydrogen-bond donors (Lipinski definition) is 2. The van der Waals surface area contributed by atoms with E-state index in [2.05, 4.69) is 17.0 Å². The highest BCUT2D eigenvalue weighted by Crippen LogP contribution is 2.29. The summed E-state index contributed by atoms with van der Waals surface area (Å²) in [6, 6.07) is 16.1. The minimum atomic E-state index is -4.15. The molecule has 4 rings (SSSR count). The predicted octanol–water partition coefficient (Wildman–Crippen LogP) is 4.36. The van der Waals surface area contributed by atoms with E-state index in [9.17, 15) is 18.0 Å². The Labute approximate surface area is 247 Å². The molecule has 1 aliphatic heterocycles. The van der Waals surface area contributed by atoms with E-state index in [1.165, 1.54) is 31.4 Å². The summed E-state index contributed by atoms with van der Waals surface area (Å²) in [6.45, 7) is 3.67. The van der Waals surface area contributed by atoms with Crippen molar-refractivity contribution in [2.24, 2.45) is 5.92 Å². The molecule has 0 saturated carbocycles. The lowest BCUT2D eigenvalue weighted by Gasteiger charge is -2.30. The highest BCUT2D eigenvalue weighted by Gasteiger charge is 2.26. The van der Waals surface area contributed by atoms with Crippen molar-refractivity contribution in [3.63, 3.8) is 0 Å². The molecule has 1 saturated heterocycles. The maximum atomic E-state index is 13.5. The minimum Gasteiger partial charge on any atom is -0.496 e. The van der Waals surface area contributed by atoms with Crippen LogP contribution in [0.15, 0.2) is 65.6 Å². The summed E-state index contributed by atoms with van der Waals surface area (Å²) in [5.41, 5.74) is 1.40. The van der Waals surface area contributed by atoms with Gasteiger partial charge in [0.2, 0.25) is 0 Å². The Hall–Kier alpha value is -4.25. The van der Waals surface area contributed by atoms with Gasteiger partial charge in [0.25, 0.3) is 21.8 Å². The van der Waals surface area contributed by atoms with Gasteiger partial charge in [-0.3, -0.25) is 14.3 Å². The monoisotopic (exact) mass is 595 g/mol. The van der Waals surface area contributed by atoms with Crippen LogP contribution in [0.4, 0.5) is 5.69 Å². The van der Waals surface area contributed by atoms with Crippen molar-refractivity contribution in [3.8, 4) is 17.2 Å². The van der Waals surface area contributed by atoms with E-state index in [1.807, 2.05) is 12.1 Å². The average molecular weight is 596 g/mol. The maximum Gasteiger partial charge on any atom is 0.261 e. The van der Waals surface area contributed by atoms with Crippen molar-refractivity contribution in [2.75, 3.05) is 45.7 Å². The van der Waals surface area contributed by atoms with Crippen molar-refractivity contribution in [3.05, 3.63) is 77.4 Å². The number of rotatable bonds is 11. The molecule has 0 aliphatic carbocycles. The zero-order chi connectivity index (χ0) is 30.3. The maximum absolute atomic E-state index is 13.5. The summed E-state index contributed by atoms with van der Waals surface area (Å²) >= 11 is 0. The molecule has 3 aromatic carbocycles. The lowest BCUT2D eigenvalue weighted by molar-refractivity contribution is 0.0693. The summed E-state index contributed by atoms with van der Waals surface area (Å²) in [5.74, 6) is 1.33. The number of carbonyl (C=O) groups is 2. The zero-order valence-electron chi connectivity index (χ0n) is 24.3. The Kier molecular flexibility index (Phi) is 9.95. The molecule has 1 aliphatic rings. The molecule has 0 spiro atoms. The summed E-state index contributed by atoms with van der Waals surface area (Å²) < 4.78 is 45.4. The summed E-state index contributed by atoms with van der Waals surface area (Å²) in [5, 5.41) is 2.85. The summed E-state index contributed by atoms with van der Waals surface area (Å²) in [7, 11) is 0.410. The van der Waals surface area contributed by atoms with Crippen LogP contribution >= 0.6 is 0 Å². The second-order valence-electron chi connectivity index (χ2n) is 10.2. The van der Waals surface area contributed by atoms with Crippen LogP contribution in [0.3, 0.4) is 0 Å². The number of hydrogen-bond acceptors (Lipinski definition) is 7. The van der Waals surface area contributed by atoms with Gasteiger partial charge in [-0.1, -0.05) is 25.1 Å². The van der Waals surface area contributed by atoms with E-state index >= 15 is 0 Å². The molecule has 2 amide bonds. The van der Waals surface area contributed by atoms with Gasteiger partial charge < -0.3 is 24.4 Å². The third-order valence-electron chi connectivity index (χ3n) is 7.35. The van der Waals surface area contributed by atoms with Crippen LogP contribution in [-0.4, -0.2) is 66.1 Å². The number of benzene rings is 3. The van der Waals surface area contributed by atoms with Crippen LogP contribution in [0.1, 0.15) is 46.0 Å². The minimum absolute atomic E-state index is 0.110. The number of piperidine rings is 1. The molecule has 11 heteroatoms. The molecule has 2 N–H and O–H groups in total. The van der Waals surface area contributed by atoms with Gasteiger partial charge in [0.1, 0.15) is 5.75 Å². The number of carbonyl (C=O) groups excluding carboxylic acids is 2. The number of nitrogens with one attached hydrogen (secondary N) is 2. The second-order valence-corrected chi connectivity index (χ2v) is 11.9. The zero-order valence-corrected chi connectivity index (χ0v) is 25.1. The Morgan fingerprint density at radius 3 is 2.21 bits per heavy atom. The number of ether oxygens (including phenoxy) is 3. The number of amides is 2. The number of sulfonamides is 1. The number of nitrogens with zero attached hydrogens (tertiary/aromatic N) is 1. The molecular formula is C31H37N3O7S. The van der Waals surface area contributed by atoms with Crippen molar-refractivity contribution in [1.29, 1.82) is 0 Å². The van der Waals surface area contributed by atoms with Crippen LogP contribution in [-0.2, 0) is 16.4 Å². The summed E-state index contributed by atoms with van der Waals surface area (Å²) in [6.07, 6.45) is 2.31. The van der Waals surface area contributed by atoms with Crippen molar-refractivity contribution >= 4 is 27.5 Å². The highest BCUT2D eigenvalue weighted by molar-refractivity contribution is 7.92. The number of likely N-dealkylation sites (tertiary alicyclic amines) is 1. The van der Waals surface area contributed by atoms with Gasteiger partial charge in [-0.05, 0) is 73.2 Å². The van der Waals surface area contributed by atoms with E-state index in [4.69, 9.17) is 14.2 Å². The first-order valence-electron chi connectivity index (χ1n) is 13.7. The van der Waals surface area contributed by atoms with Crippen LogP contribution in [0.25, 0.3) is 0 Å². The Morgan fingerprint density at radius 2 is 1.52 bits per heavy atom. The topological polar surface area (TPSA) is 123 Å². The molecule has 0 atom stereocenters. The fourth-order valence-electron chi connectivity index (χ4n) is 4.83. The number of anilines is 1. The van der Waals surface area contributed by atoms with Gasteiger partial charge in [-0.2, -0.15) is 0 Å². The SMILES string of the molecule is COc1ccc(CCNC(=O)c2ccccc2NS(=O)(=O)c2ccc(OC)c(C(=O)N3CCC(C)CC3)c2)cc1OC. The fourth-order valence-corrected chi connectivity index (χ4v) is 5.93. The predicted molar refractivity (Wildman–Crippen MR) is 160 cm³/mol. The van der Waals surface area contributed by atoms with Crippen molar-refractivity contribution < 1.29 is 32.2 Å². The van der Waals surface area contributed by atoms with Gasteiger partial charge >= 0.3 is 0 Å². The lowest BCUT2D eigenvalue weighted by Crippen LogP contribution is -2.38. The van der Waals surface area contributed by atoms with Gasteiger partial charge in [0.05, 0.1) is 43.0 Å². The molecule has 224 valence electrons. The quantitative estimate of drug-likeness (QED) is 0.338. The molecule has 0 aromatic heterocycles. The standard InChI is InChI=1S/C31H37N3O7S/c1-21-14-17-34(18-15-21)31(36)25-20-23(10-12-27(25)39-2)42(37,38)33-26-8-6-5-7-24(26)30(35)32-16-13-22-9-11-28(40-3)29(19-22)41-4/h5-12,19-21,33H,13-18H2,1-4H3,(H,32,35). The normalized spacial score (nSPS) is 13.8. The van der Waals surface area contributed by atoms with Crippen LogP contribution in [0, 0.1) is 5.92 Å². The van der Waals surface area contributed by atoms with Crippen molar-refractivity contribution in [1.82, 2.24) is 10.2 Å². The largest absolute Gasteiger partial charge is 0.496 e. The van der Waals surface area contributed by atoms with E-state index < -0.39 is 15.9 Å². The third-order valence-corrected chi connectivity index (χ3v) is 8.71. The van der Waals surface area contributed by atoms with Gasteiger partial charge in [0.15, 0.2) is 11.5 Å². The first-order chi connectivity index (χ1) is 20.2.